The van der Waals surface area contributed by atoms with Gasteiger partial charge in [-0.2, -0.15) is 0 Å². The maximum Gasteiger partial charge on any atom is 1.00 e. The monoisotopic (exact) mass is 274 g/mol. The minimum Gasteiger partial charge on any atom is -0.748 e. The van der Waals surface area contributed by atoms with Crippen molar-refractivity contribution in [2.75, 3.05) is 0 Å². The maximum atomic E-state index is 11.0. The number of hydrogen-bond donors (Lipinski definition) is 1. The van der Waals surface area contributed by atoms with Crippen LogP contribution in [-0.4, -0.2) is 29.4 Å². The number of rotatable bonds is 9. The molecule has 0 heterocycles. The Hall–Kier alpha value is 0.870. The summed E-state index contributed by atoms with van der Waals surface area (Å²) in [6, 6.07) is 0. The van der Waals surface area contributed by atoms with Crippen LogP contribution >= 0.6 is 0 Å². The zero-order valence-corrected chi connectivity index (χ0v) is 14.0. The minimum atomic E-state index is -4.17. The second kappa shape index (κ2) is 10.8. The summed E-state index contributed by atoms with van der Waals surface area (Å²) < 4.78 is 32.9. The van der Waals surface area contributed by atoms with Crippen LogP contribution in [0.15, 0.2) is 0 Å². The summed E-state index contributed by atoms with van der Waals surface area (Å²) in [5.74, 6) is 0. The first-order valence-electron chi connectivity index (χ1n) is 6.00. The molecule has 0 aliphatic rings. The molecular formula is C11H23NaO4S. The maximum absolute atomic E-state index is 11.0. The first kappa shape index (κ1) is 20.2. The first-order valence-corrected chi connectivity index (χ1v) is 7.47. The standard InChI is InChI=1S/C11H24O4S.Na/c1-3-4-5-8-11(16(13,14)15)9-6-7-10(2)12;/h10-12H,3-9H2,1-2H3,(H,13,14,15);/q;+1/p-1. The fourth-order valence-electron chi connectivity index (χ4n) is 1.70. The van der Waals surface area contributed by atoms with Gasteiger partial charge in [0.2, 0.25) is 0 Å². The molecule has 6 heteroatoms. The molecule has 0 saturated heterocycles. The van der Waals surface area contributed by atoms with Crippen LogP contribution in [0.4, 0.5) is 0 Å². The van der Waals surface area contributed by atoms with Crippen LogP contribution in [0.1, 0.15) is 58.8 Å². The van der Waals surface area contributed by atoms with E-state index in [-0.39, 0.29) is 29.6 Å². The molecular weight excluding hydrogens is 251 g/mol. The summed E-state index contributed by atoms with van der Waals surface area (Å²) in [4.78, 5) is 0. The molecule has 98 valence electrons. The SMILES string of the molecule is CCCCCC(CCCC(C)O)S(=O)(=O)[O-].[Na+]. The summed E-state index contributed by atoms with van der Waals surface area (Å²) in [7, 11) is -4.17. The third kappa shape index (κ3) is 11.7. The Bertz CT molecular complexity index is 265. The van der Waals surface area contributed by atoms with E-state index in [0.29, 0.717) is 25.7 Å². The van der Waals surface area contributed by atoms with E-state index in [1.807, 2.05) is 6.92 Å². The van der Waals surface area contributed by atoms with Crippen molar-refractivity contribution in [3.8, 4) is 0 Å². The van der Waals surface area contributed by atoms with Gasteiger partial charge >= 0.3 is 29.6 Å². The van der Waals surface area contributed by atoms with Gasteiger partial charge in [0.1, 0.15) is 0 Å². The van der Waals surface area contributed by atoms with Crippen molar-refractivity contribution in [3.05, 3.63) is 0 Å². The van der Waals surface area contributed by atoms with Gasteiger partial charge < -0.3 is 9.66 Å². The molecule has 0 aliphatic heterocycles. The number of unbranched alkanes of at least 4 members (excludes halogenated alkanes) is 2. The molecule has 4 nitrogen and oxygen atoms in total. The van der Waals surface area contributed by atoms with Crippen LogP contribution in [0.3, 0.4) is 0 Å². The van der Waals surface area contributed by atoms with Crippen LogP contribution in [-0.2, 0) is 10.1 Å². The molecule has 17 heavy (non-hydrogen) atoms. The molecule has 2 unspecified atom stereocenters. The van der Waals surface area contributed by atoms with Crippen molar-refractivity contribution in [2.24, 2.45) is 0 Å². The Morgan fingerprint density at radius 2 is 1.65 bits per heavy atom. The van der Waals surface area contributed by atoms with Gasteiger partial charge in [-0.25, -0.2) is 8.42 Å². The Balaban J connectivity index is 0. The van der Waals surface area contributed by atoms with Crippen molar-refractivity contribution >= 4 is 10.1 Å². The van der Waals surface area contributed by atoms with Crippen molar-refractivity contribution in [3.63, 3.8) is 0 Å². The molecule has 0 bridgehead atoms. The molecule has 0 fully saturated rings. The normalized spacial score (nSPS) is 15.1. The first-order chi connectivity index (χ1) is 7.38. The van der Waals surface area contributed by atoms with Crippen molar-refractivity contribution < 1.29 is 47.6 Å². The predicted molar refractivity (Wildman–Crippen MR) is 63.2 cm³/mol. The molecule has 0 rings (SSSR count). The van der Waals surface area contributed by atoms with Crippen molar-refractivity contribution in [2.45, 2.75) is 70.1 Å². The van der Waals surface area contributed by atoms with E-state index in [1.54, 1.807) is 6.92 Å². The van der Waals surface area contributed by atoms with E-state index in [1.165, 1.54) is 0 Å². The van der Waals surface area contributed by atoms with E-state index in [9.17, 15) is 13.0 Å². The molecule has 0 aromatic carbocycles. The fourth-order valence-corrected chi connectivity index (χ4v) is 2.61. The molecule has 0 aliphatic carbocycles. The van der Waals surface area contributed by atoms with Crippen LogP contribution in [0, 0.1) is 0 Å². The molecule has 2 atom stereocenters. The summed E-state index contributed by atoms with van der Waals surface area (Å²) in [6.45, 7) is 3.70. The Morgan fingerprint density at radius 3 is 2.06 bits per heavy atom. The van der Waals surface area contributed by atoms with Gasteiger partial charge in [-0.1, -0.05) is 26.2 Å². The van der Waals surface area contributed by atoms with Gasteiger partial charge in [0.15, 0.2) is 0 Å². The molecule has 1 N–H and O–H groups in total. The van der Waals surface area contributed by atoms with E-state index in [2.05, 4.69) is 0 Å². The van der Waals surface area contributed by atoms with Crippen molar-refractivity contribution in [1.29, 1.82) is 0 Å². The van der Waals surface area contributed by atoms with Crippen LogP contribution in [0.5, 0.6) is 0 Å². The molecule has 0 aromatic rings. The summed E-state index contributed by atoms with van der Waals surface area (Å²) in [6.07, 6.45) is 4.32. The van der Waals surface area contributed by atoms with Gasteiger partial charge in [-0.15, -0.1) is 0 Å². The van der Waals surface area contributed by atoms with Crippen molar-refractivity contribution in [1.82, 2.24) is 0 Å². The molecule has 0 saturated carbocycles. The van der Waals surface area contributed by atoms with Gasteiger partial charge in [0.05, 0.1) is 16.2 Å². The second-order valence-corrected chi connectivity index (χ2v) is 6.04. The third-order valence-electron chi connectivity index (χ3n) is 2.69. The zero-order chi connectivity index (χ0) is 12.6. The predicted octanol–water partition coefficient (Wildman–Crippen LogP) is -0.964. The summed E-state index contributed by atoms with van der Waals surface area (Å²) >= 11 is 0. The Labute approximate surface area is 127 Å². The van der Waals surface area contributed by atoms with E-state index in [4.69, 9.17) is 5.11 Å². The Morgan fingerprint density at radius 1 is 1.12 bits per heavy atom. The minimum absolute atomic E-state index is 0. The number of aliphatic hydroxyl groups excluding tert-OH is 1. The summed E-state index contributed by atoms with van der Waals surface area (Å²) in [5.41, 5.74) is 0. The van der Waals surface area contributed by atoms with Crippen LogP contribution in [0.2, 0.25) is 0 Å². The smallest absolute Gasteiger partial charge is 0.748 e. The molecule has 0 amide bonds. The van der Waals surface area contributed by atoms with Gasteiger partial charge in [0.25, 0.3) is 0 Å². The second-order valence-electron chi connectivity index (χ2n) is 4.39. The zero-order valence-electron chi connectivity index (χ0n) is 11.2. The molecule has 0 radical (unpaired) electrons. The summed E-state index contributed by atoms with van der Waals surface area (Å²) in [5, 5.41) is 8.29. The van der Waals surface area contributed by atoms with Crippen LogP contribution < -0.4 is 29.6 Å². The average Bonchev–Trinajstić information content (AvgIpc) is 2.13. The van der Waals surface area contributed by atoms with E-state index < -0.39 is 21.5 Å². The van der Waals surface area contributed by atoms with E-state index in [0.717, 1.165) is 19.3 Å². The van der Waals surface area contributed by atoms with Crippen LogP contribution in [0.25, 0.3) is 0 Å². The number of hydrogen-bond acceptors (Lipinski definition) is 4. The van der Waals surface area contributed by atoms with Gasteiger partial charge in [-0.3, -0.25) is 0 Å². The molecule has 0 aromatic heterocycles. The third-order valence-corrected chi connectivity index (χ3v) is 3.97. The van der Waals surface area contributed by atoms with Gasteiger partial charge in [0, 0.05) is 5.25 Å². The largest absolute Gasteiger partial charge is 1.00 e. The molecule has 0 spiro atoms. The topological polar surface area (TPSA) is 77.4 Å². The quantitative estimate of drug-likeness (QED) is 0.333. The Kier molecular flexibility index (Phi) is 12.8. The fraction of sp³-hybridized carbons (Fsp3) is 1.00. The van der Waals surface area contributed by atoms with E-state index >= 15 is 0 Å². The number of aliphatic hydroxyl groups is 1. The van der Waals surface area contributed by atoms with Gasteiger partial charge in [-0.05, 0) is 32.6 Å². The average molecular weight is 274 g/mol.